The van der Waals surface area contributed by atoms with Gasteiger partial charge in [0.15, 0.2) is 0 Å². The molecule has 1 aliphatic heterocycles. The van der Waals surface area contributed by atoms with E-state index in [1.807, 2.05) is 17.9 Å². The fourth-order valence-corrected chi connectivity index (χ4v) is 2.19. The van der Waals surface area contributed by atoms with Gasteiger partial charge in [-0.1, -0.05) is 31.2 Å². The number of fused-ring (bicyclic) bond motifs is 1. The quantitative estimate of drug-likeness (QED) is 0.724. The molecule has 1 aromatic carbocycles. The van der Waals surface area contributed by atoms with Crippen molar-refractivity contribution in [2.75, 3.05) is 12.4 Å². The molecule has 0 bridgehead atoms. The van der Waals surface area contributed by atoms with Gasteiger partial charge in [-0.05, 0) is 17.5 Å². The molecule has 86 valence electrons. The molecule has 1 amide bonds. The Labute approximate surface area is 101 Å². The highest BCUT2D eigenvalue weighted by Gasteiger charge is 2.23. The molecule has 1 heterocycles. The molecule has 0 saturated carbocycles. The molecule has 0 aliphatic carbocycles. The summed E-state index contributed by atoms with van der Waals surface area (Å²) >= 11 is 5.72. The maximum absolute atomic E-state index is 12.0. The van der Waals surface area contributed by atoms with Crippen molar-refractivity contribution in [2.45, 2.75) is 19.9 Å². The van der Waals surface area contributed by atoms with Crippen molar-refractivity contribution in [1.29, 1.82) is 0 Å². The molecule has 1 aromatic rings. The van der Waals surface area contributed by atoms with Crippen LogP contribution in [0.4, 0.5) is 0 Å². The fraction of sp³-hybridized carbons (Fsp3) is 0.462. The summed E-state index contributed by atoms with van der Waals surface area (Å²) in [5.74, 6) is 0.494. The van der Waals surface area contributed by atoms with Crippen LogP contribution in [-0.2, 0) is 17.8 Å². The van der Waals surface area contributed by atoms with Gasteiger partial charge < -0.3 is 4.90 Å². The molecule has 2 rings (SSSR count). The van der Waals surface area contributed by atoms with Gasteiger partial charge in [-0.2, -0.15) is 0 Å². The normalized spacial score (nSPS) is 16.8. The van der Waals surface area contributed by atoms with Crippen molar-refractivity contribution in [1.82, 2.24) is 4.90 Å². The average Bonchev–Trinajstić information content (AvgIpc) is 2.36. The Bertz CT molecular complexity index is 391. The van der Waals surface area contributed by atoms with Gasteiger partial charge in [0.05, 0.1) is 0 Å². The first-order valence-corrected chi connectivity index (χ1v) is 6.17. The van der Waals surface area contributed by atoms with E-state index in [0.29, 0.717) is 5.88 Å². The summed E-state index contributed by atoms with van der Waals surface area (Å²) in [6.07, 6.45) is 0.955. The van der Waals surface area contributed by atoms with E-state index < -0.39 is 0 Å². The number of nitrogens with zero attached hydrogens (tertiary/aromatic N) is 1. The van der Waals surface area contributed by atoms with Crippen LogP contribution >= 0.6 is 11.6 Å². The van der Waals surface area contributed by atoms with Crippen molar-refractivity contribution in [2.24, 2.45) is 5.92 Å². The van der Waals surface area contributed by atoms with Crippen LogP contribution in [0.2, 0.25) is 0 Å². The average molecular weight is 238 g/mol. The van der Waals surface area contributed by atoms with Crippen LogP contribution in [0.25, 0.3) is 0 Å². The van der Waals surface area contributed by atoms with E-state index >= 15 is 0 Å². The molecule has 0 N–H and O–H groups in total. The Morgan fingerprint density at radius 1 is 1.44 bits per heavy atom. The summed E-state index contributed by atoms with van der Waals surface area (Å²) in [6.45, 7) is 3.43. The molecule has 1 unspecified atom stereocenters. The predicted octanol–water partition coefficient (Wildman–Crippen LogP) is 2.45. The molecule has 0 spiro atoms. The van der Waals surface area contributed by atoms with Gasteiger partial charge >= 0.3 is 0 Å². The van der Waals surface area contributed by atoms with E-state index in [1.165, 1.54) is 11.1 Å². The topological polar surface area (TPSA) is 20.3 Å². The zero-order valence-corrected chi connectivity index (χ0v) is 10.2. The minimum Gasteiger partial charge on any atom is -0.338 e. The largest absolute Gasteiger partial charge is 0.338 e. The van der Waals surface area contributed by atoms with Crippen LogP contribution in [-0.4, -0.2) is 23.2 Å². The van der Waals surface area contributed by atoms with Crippen LogP contribution in [0, 0.1) is 5.92 Å². The van der Waals surface area contributed by atoms with Crippen LogP contribution < -0.4 is 0 Å². The summed E-state index contributed by atoms with van der Waals surface area (Å²) in [7, 11) is 0. The minimum absolute atomic E-state index is 0.0769. The third-order valence-corrected chi connectivity index (χ3v) is 3.56. The first-order chi connectivity index (χ1) is 7.72. The number of amides is 1. The van der Waals surface area contributed by atoms with Crippen molar-refractivity contribution < 1.29 is 4.79 Å². The second-order valence-corrected chi connectivity index (χ2v) is 4.64. The van der Waals surface area contributed by atoms with Crippen LogP contribution in [0.3, 0.4) is 0 Å². The summed E-state index contributed by atoms with van der Waals surface area (Å²) < 4.78 is 0. The lowest BCUT2D eigenvalue weighted by atomic mass is 9.99. The molecule has 0 fully saturated rings. The molecule has 1 aliphatic rings. The van der Waals surface area contributed by atoms with E-state index in [9.17, 15) is 4.79 Å². The summed E-state index contributed by atoms with van der Waals surface area (Å²) in [5, 5.41) is 0. The Hall–Kier alpha value is -1.02. The standard InChI is InChI=1S/C13H16ClNO/c1-10(8-14)13(16)15-7-6-11-4-2-3-5-12(11)9-15/h2-5,10H,6-9H2,1H3. The summed E-state index contributed by atoms with van der Waals surface area (Å²) in [6, 6.07) is 8.32. The van der Waals surface area contributed by atoms with E-state index in [-0.39, 0.29) is 11.8 Å². The lowest BCUT2D eigenvalue weighted by Gasteiger charge is -2.30. The van der Waals surface area contributed by atoms with Gasteiger partial charge in [0.1, 0.15) is 0 Å². The highest BCUT2D eigenvalue weighted by atomic mass is 35.5. The SMILES string of the molecule is CC(CCl)C(=O)N1CCc2ccccc2C1. The molecule has 2 nitrogen and oxygen atoms in total. The first kappa shape index (κ1) is 11.5. The zero-order valence-electron chi connectivity index (χ0n) is 9.45. The van der Waals surface area contributed by atoms with Gasteiger partial charge in [0.25, 0.3) is 0 Å². The van der Waals surface area contributed by atoms with Gasteiger partial charge in [0.2, 0.25) is 5.91 Å². The first-order valence-electron chi connectivity index (χ1n) is 5.64. The fourth-order valence-electron chi connectivity index (χ4n) is 2.06. The predicted molar refractivity (Wildman–Crippen MR) is 65.4 cm³/mol. The monoisotopic (exact) mass is 237 g/mol. The third kappa shape index (κ3) is 2.22. The number of carbonyl (C=O) groups is 1. The third-order valence-electron chi connectivity index (χ3n) is 3.10. The van der Waals surface area contributed by atoms with Gasteiger partial charge in [-0.3, -0.25) is 4.79 Å². The van der Waals surface area contributed by atoms with E-state index in [0.717, 1.165) is 19.5 Å². The number of halogens is 1. The van der Waals surface area contributed by atoms with Crippen LogP contribution in [0.15, 0.2) is 24.3 Å². The molecule has 3 heteroatoms. The second-order valence-electron chi connectivity index (χ2n) is 4.33. The van der Waals surface area contributed by atoms with Crippen molar-refractivity contribution in [3.63, 3.8) is 0 Å². The molecule has 16 heavy (non-hydrogen) atoms. The van der Waals surface area contributed by atoms with E-state index in [2.05, 4.69) is 18.2 Å². The minimum atomic E-state index is -0.0769. The Morgan fingerprint density at radius 3 is 2.81 bits per heavy atom. The molecule has 1 atom stereocenters. The second kappa shape index (κ2) is 4.88. The lowest BCUT2D eigenvalue weighted by molar-refractivity contribution is -0.135. The number of rotatable bonds is 2. The maximum atomic E-state index is 12.0. The maximum Gasteiger partial charge on any atom is 0.226 e. The lowest BCUT2D eigenvalue weighted by Crippen LogP contribution is -2.39. The Morgan fingerprint density at radius 2 is 2.12 bits per heavy atom. The highest BCUT2D eigenvalue weighted by molar-refractivity contribution is 6.19. The molecular weight excluding hydrogens is 222 g/mol. The number of benzene rings is 1. The van der Waals surface area contributed by atoms with Crippen LogP contribution in [0.1, 0.15) is 18.1 Å². The molecule has 0 saturated heterocycles. The van der Waals surface area contributed by atoms with Crippen molar-refractivity contribution >= 4 is 17.5 Å². The summed E-state index contributed by atoms with van der Waals surface area (Å²) in [5.41, 5.74) is 2.63. The van der Waals surface area contributed by atoms with Crippen molar-refractivity contribution in [3.8, 4) is 0 Å². The highest BCUT2D eigenvalue weighted by Crippen LogP contribution is 2.20. The summed E-state index contributed by atoms with van der Waals surface area (Å²) in [4.78, 5) is 13.9. The smallest absolute Gasteiger partial charge is 0.226 e. The number of hydrogen-bond donors (Lipinski definition) is 0. The Balaban J connectivity index is 2.11. The number of hydrogen-bond acceptors (Lipinski definition) is 1. The molecular formula is C13H16ClNO. The number of alkyl halides is 1. The molecule has 0 aromatic heterocycles. The number of carbonyl (C=O) groups excluding carboxylic acids is 1. The van der Waals surface area contributed by atoms with Gasteiger partial charge in [-0.15, -0.1) is 11.6 Å². The Kier molecular flexibility index (Phi) is 3.49. The van der Waals surface area contributed by atoms with E-state index in [4.69, 9.17) is 11.6 Å². The van der Waals surface area contributed by atoms with E-state index in [1.54, 1.807) is 0 Å². The van der Waals surface area contributed by atoms with Crippen LogP contribution in [0.5, 0.6) is 0 Å². The van der Waals surface area contributed by atoms with Crippen molar-refractivity contribution in [3.05, 3.63) is 35.4 Å². The van der Waals surface area contributed by atoms with Gasteiger partial charge in [0, 0.05) is 24.9 Å². The zero-order chi connectivity index (χ0) is 11.5. The van der Waals surface area contributed by atoms with Gasteiger partial charge in [-0.25, -0.2) is 0 Å². The molecule has 0 radical (unpaired) electrons.